The van der Waals surface area contributed by atoms with Crippen molar-refractivity contribution in [3.63, 3.8) is 0 Å². The summed E-state index contributed by atoms with van der Waals surface area (Å²) in [5, 5.41) is 21.9. The highest BCUT2D eigenvalue weighted by atomic mass is 16.6. The average molecular weight is 393 g/mol. The number of urea groups is 1. The summed E-state index contributed by atoms with van der Waals surface area (Å²) in [6, 6.07) is -0.844. The van der Waals surface area contributed by atoms with E-state index in [1.54, 1.807) is 4.90 Å². The Labute approximate surface area is 163 Å². The van der Waals surface area contributed by atoms with Crippen molar-refractivity contribution in [2.75, 3.05) is 6.54 Å². The average Bonchev–Trinajstić information content (AvgIpc) is 3.31. The highest BCUT2D eigenvalue weighted by molar-refractivity contribution is 5.76. The van der Waals surface area contributed by atoms with Crippen molar-refractivity contribution < 1.29 is 24.0 Å². The summed E-state index contributed by atoms with van der Waals surface area (Å²) >= 11 is 0. The zero-order valence-electron chi connectivity index (χ0n) is 16.4. The van der Waals surface area contributed by atoms with Crippen LogP contribution in [0.25, 0.3) is 0 Å². The van der Waals surface area contributed by atoms with Gasteiger partial charge < -0.3 is 19.4 Å². The number of piperidine rings is 1. The first-order chi connectivity index (χ1) is 13.2. The van der Waals surface area contributed by atoms with Crippen molar-refractivity contribution in [3.05, 3.63) is 11.8 Å². The van der Waals surface area contributed by atoms with E-state index < -0.39 is 17.7 Å². The number of aromatic nitrogens is 2. The van der Waals surface area contributed by atoms with E-state index >= 15 is 0 Å². The first-order valence-electron chi connectivity index (χ1n) is 9.83. The Balaban J connectivity index is 1.36. The molecule has 2 bridgehead atoms. The van der Waals surface area contributed by atoms with E-state index in [2.05, 4.69) is 15.5 Å². The summed E-state index contributed by atoms with van der Waals surface area (Å²) in [7, 11) is 0. The van der Waals surface area contributed by atoms with Crippen LogP contribution >= 0.6 is 0 Å². The van der Waals surface area contributed by atoms with E-state index in [1.165, 1.54) is 0 Å². The molecule has 10 heteroatoms. The maximum Gasteiger partial charge on any atom is 0.407 e. The summed E-state index contributed by atoms with van der Waals surface area (Å²) in [6.45, 7) is 5.97. The lowest BCUT2D eigenvalue weighted by Crippen LogP contribution is -2.37. The molecule has 4 rings (SSSR count). The van der Waals surface area contributed by atoms with Crippen LogP contribution in [0.1, 0.15) is 76.6 Å². The predicted octanol–water partition coefficient (Wildman–Crippen LogP) is 2.56. The second-order valence-corrected chi connectivity index (χ2v) is 8.86. The molecule has 0 spiro atoms. The summed E-state index contributed by atoms with van der Waals surface area (Å²) < 4.78 is 11.2. The standard InChI is InChI=1S/C18H27N5O5/c1-18(2,3)28-16(24)19-11-5-4-10(8-11)14-20-21-15(27-14)13-7-6-12-9-22(13)17(25)23(12)26/h10-13,26H,4-9H2,1-3H3,(H,19,24)/t10?,11-,12-,13-/m0/s1. The molecule has 1 saturated carbocycles. The molecule has 1 aliphatic carbocycles. The Morgan fingerprint density at radius 3 is 2.71 bits per heavy atom. The SMILES string of the molecule is CC(C)(C)OC(=O)N[C@H]1CCC(c2nnc([C@@H]3CC[C@H]4CN3C(=O)N4O)o2)C1. The van der Waals surface area contributed by atoms with Crippen LogP contribution in [0.2, 0.25) is 0 Å². The number of hydrogen-bond donors (Lipinski definition) is 2. The van der Waals surface area contributed by atoms with Crippen LogP contribution in [0.15, 0.2) is 4.42 Å². The number of alkyl carbamates (subject to hydrolysis) is 1. The van der Waals surface area contributed by atoms with E-state index in [1.807, 2.05) is 20.8 Å². The van der Waals surface area contributed by atoms with Gasteiger partial charge in [-0.1, -0.05) is 0 Å². The molecule has 1 unspecified atom stereocenters. The molecule has 28 heavy (non-hydrogen) atoms. The van der Waals surface area contributed by atoms with Crippen LogP contribution in [0.4, 0.5) is 9.59 Å². The third-order valence-corrected chi connectivity index (χ3v) is 5.59. The number of amides is 3. The first-order valence-corrected chi connectivity index (χ1v) is 9.83. The fraction of sp³-hybridized carbons (Fsp3) is 0.778. The lowest BCUT2D eigenvalue weighted by Gasteiger charge is -2.27. The van der Waals surface area contributed by atoms with Crippen LogP contribution in [-0.4, -0.2) is 61.7 Å². The Bertz CT molecular complexity index is 760. The third kappa shape index (κ3) is 3.65. The van der Waals surface area contributed by atoms with Gasteiger partial charge in [0.2, 0.25) is 11.8 Å². The largest absolute Gasteiger partial charge is 0.444 e. The van der Waals surface area contributed by atoms with E-state index in [0.717, 1.165) is 17.9 Å². The smallest absolute Gasteiger partial charge is 0.407 e. The van der Waals surface area contributed by atoms with E-state index in [4.69, 9.17) is 9.15 Å². The van der Waals surface area contributed by atoms with Gasteiger partial charge in [0.25, 0.3) is 0 Å². The summed E-state index contributed by atoms with van der Waals surface area (Å²) in [6.07, 6.45) is 3.33. The van der Waals surface area contributed by atoms with Crippen molar-refractivity contribution in [2.24, 2.45) is 0 Å². The number of rotatable bonds is 3. The van der Waals surface area contributed by atoms with Gasteiger partial charge in [0, 0.05) is 18.5 Å². The zero-order chi connectivity index (χ0) is 20.1. The number of hydrogen-bond acceptors (Lipinski definition) is 7. The van der Waals surface area contributed by atoms with Crippen LogP contribution in [0, 0.1) is 0 Å². The van der Waals surface area contributed by atoms with Gasteiger partial charge in [-0.3, -0.25) is 5.21 Å². The van der Waals surface area contributed by atoms with Crippen molar-refractivity contribution in [1.82, 2.24) is 25.5 Å². The van der Waals surface area contributed by atoms with Gasteiger partial charge >= 0.3 is 12.1 Å². The number of fused-ring (bicyclic) bond motifs is 2. The van der Waals surface area contributed by atoms with Gasteiger partial charge in [-0.25, -0.2) is 14.7 Å². The molecule has 3 amide bonds. The lowest BCUT2D eigenvalue weighted by atomic mass is 10.0. The fourth-order valence-corrected chi connectivity index (χ4v) is 4.26. The van der Waals surface area contributed by atoms with Crippen LogP contribution in [-0.2, 0) is 4.74 Å². The number of nitrogens with one attached hydrogen (secondary N) is 1. The quantitative estimate of drug-likeness (QED) is 0.757. The van der Waals surface area contributed by atoms with Gasteiger partial charge in [-0.05, 0) is 52.9 Å². The Kier molecular flexibility index (Phi) is 4.68. The Morgan fingerprint density at radius 1 is 1.21 bits per heavy atom. The highest BCUT2D eigenvalue weighted by Gasteiger charge is 2.46. The topological polar surface area (TPSA) is 121 Å². The van der Waals surface area contributed by atoms with Gasteiger partial charge in [0.15, 0.2) is 0 Å². The molecule has 3 heterocycles. The third-order valence-electron chi connectivity index (χ3n) is 5.59. The van der Waals surface area contributed by atoms with Gasteiger partial charge in [0.05, 0.1) is 6.04 Å². The number of carbonyl (C=O) groups excluding carboxylic acids is 2. The molecule has 3 fully saturated rings. The van der Waals surface area contributed by atoms with Gasteiger partial charge in [-0.2, -0.15) is 0 Å². The molecule has 3 aliphatic rings. The van der Waals surface area contributed by atoms with Crippen molar-refractivity contribution >= 4 is 12.1 Å². The molecule has 2 N–H and O–H groups in total. The Morgan fingerprint density at radius 2 is 1.96 bits per heavy atom. The van der Waals surface area contributed by atoms with Crippen molar-refractivity contribution in [2.45, 2.75) is 82.5 Å². The summed E-state index contributed by atoms with van der Waals surface area (Å²) in [4.78, 5) is 25.7. The molecule has 0 radical (unpaired) electrons. The molecule has 1 aromatic rings. The number of nitrogens with zero attached hydrogens (tertiary/aromatic N) is 4. The molecule has 0 aromatic carbocycles. The summed E-state index contributed by atoms with van der Waals surface area (Å²) in [5.74, 6) is 1.03. The number of hydroxylamine groups is 2. The zero-order valence-corrected chi connectivity index (χ0v) is 16.4. The molecule has 10 nitrogen and oxygen atoms in total. The molecule has 1 aromatic heterocycles. The minimum Gasteiger partial charge on any atom is -0.444 e. The summed E-state index contributed by atoms with van der Waals surface area (Å²) in [5.41, 5.74) is -0.528. The monoisotopic (exact) mass is 393 g/mol. The molecule has 4 atom stereocenters. The Hall–Kier alpha value is -2.36. The van der Waals surface area contributed by atoms with E-state index in [-0.39, 0.29) is 24.0 Å². The first kappa shape index (κ1) is 19.0. The van der Waals surface area contributed by atoms with E-state index in [0.29, 0.717) is 37.6 Å². The van der Waals surface area contributed by atoms with Gasteiger partial charge in [0.1, 0.15) is 11.6 Å². The van der Waals surface area contributed by atoms with Crippen molar-refractivity contribution in [1.29, 1.82) is 0 Å². The molecule has 2 aliphatic heterocycles. The van der Waals surface area contributed by atoms with Crippen LogP contribution in [0.5, 0.6) is 0 Å². The molecular weight excluding hydrogens is 366 g/mol. The minimum absolute atomic E-state index is 0.00810. The van der Waals surface area contributed by atoms with E-state index in [9.17, 15) is 14.8 Å². The fourth-order valence-electron chi connectivity index (χ4n) is 4.26. The predicted molar refractivity (Wildman–Crippen MR) is 95.5 cm³/mol. The van der Waals surface area contributed by atoms with Crippen LogP contribution < -0.4 is 5.32 Å². The normalized spacial score (nSPS) is 30.1. The van der Waals surface area contributed by atoms with Crippen LogP contribution in [0.3, 0.4) is 0 Å². The highest BCUT2D eigenvalue weighted by Crippen LogP contribution is 2.39. The second kappa shape index (κ2) is 6.91. The van der Waals surface area contributed by atoms with Crippen molar-refractivity contribution in [3.8, 4) is 0 Å². The maximum absolute atomic E-state index is 12.1. The van der Waals surface area contributed by atoms with Gasteiger partial charge in [-0.15, -0.1) is 10.2 Å². The molecule has 154 valence electrons. The number of carbonyl (C=O) groups is 2. The molecule has 2 saturated heterocycles. The lowest BCUT2D eigenvalue weighted by molar-refractivity contribution is -0.0584. The minimum atomic E-state index is -0.528. The maximum atomic E-state index is 12.1. The number of ether oxygens (including phenoxy) is 1. The molecular formula is C18H27N5O5. The second-order valence-electron chi connectivity index (χ2n) is 8.86.